The van der Waals surface area contributed by atoms with Crippen LogP contribution in [0.2, 0.25) is 0 Å². The molecule has 0 heterocycles. The zero-order valence-electron chi connectivity index (χ0n) is 42.8. The van der Waals surface area contributed by atoms with Gasteiger partial charge in [-0.1, -0.05) is 256 Å². The van der Waals surface area contributed by atoms with Crippen molar-refractivity contribution < 1.29 is 24.5 Å². The summed E-state index contributed by atoms with van der Waals surface area (Å²) in [5.74, 6) is -0.0675. The Morgan fingerprint density at radius 2 is 0.781 bits per heavy atom. The molecule has 64 heavy (non-hydrogen) atoms. The zero-order chi connectivity index (χ0) is 46.5. The Hall–Kier alpha value is -1.92. The van der Waals surface area contributed by atoms with E-state index in [0.29, 0.717) is 19.4 Å². The fourth-order valence-electron chi connectivity index (χ4n) is 8.55. The molecule has 6 nitrogen and oxygen atoms in total. The number of carbonyl (C=O) groups is 2. The van der Waals surface area contributed by atoms with Gasteiger partial charge in [-0.25, -0.2) is 0 Å². The highest BCUT2D eigenvalue weighted by atomic mass is 16.5. The molecular weight excluding hydrogens is 791 g/mol. The van der Waals surface area contributed by atoms with E-state index in [4.69, 9.17) is 4.74 Å². The Morgan fingerprint density at radius 1 is 0.438 bits per heavy atom. The van der Waals surface area contributed by atoms with Crippen LogP contribution in [0.15, 0.2) is 36.5 Å². The number of hydrogen-bond donors (Lipinski definition) is 3. The molecule has 0 aromatic heterocycles. The Labute approximate surface area is 398 Å². The topological polar surface area (TPSA) is 95.9 Å². The molecule has 2 unspecified atom stereocenters. The predicted molar refractivity (Wildman–Crippen MR) is 278 cm³/mol. The summed E-state index contributed by atoms with van der Waals surface area (Å²) in [6, 6.07) is -0.630. The largest absolute Gasteiger partial charge is 0.466 e. The number of allylic oxidation sites excluding steroid dienone is 5. The van der Waals surface area contributed by atoms with Crippen LogP contribution in [0, 0.1) is 0 Å². The number of unbranched alkanes of at least 4 members (excludes halogenated alkanes) is 37. The quantitative estimate of drug-likeness (QED) is 0.0321. The lowest BCUT2D eigenvalue weighted by Crippen LogP contribution is -2.45. The average Bonchev–Trinajstić information content (AvgIpc) is 3.29. The lowest BCUT2D eigenvalue weighted by molar-refractivity contribution is -0.143. The molecule has 0 bridgehead atoms. The summed E-state index contributed by atoms with van der Waals surface area (Å²) in [6.07, 6.45) is 66.0. The summed E-state index contributed by atoms with van der Waals surface area (Å²) in [5.41, 5.74) is 0. The van der Waals surface area contributed by atoms with Crippen molar-refractivity contribution >= 4 is 11.9 Å². The molecule has 0 aliphatic rings. The minimum absolute atomic E-state index is 0.00874. The van der Waals surface area contributed by atoms with Gasteiger partial charge in [0.1, 0.15) is 0 Å². The molecule has 0 saturated carbocycles. The lowest BCUT2D eigenvalue weighted by Gasteiger charge is -2.20. The second-order valence-electron chi connectivity index (χ2n) is 19.3. The van der Waals surface area contributed by atoms with Gasteiger partial charge < -0.3 is 20.3 Å². The molecule has 0 aliphatic heterocycles. The number of rotatable bonds is 52. The molecule has 376 valence electrons. The van der Waals surface area contributed by atoms with Crippen molar-refractivity contribution in [3.05, 3.63) is 36.5 Å². The van der Waals surface area contributed by atoms with E-state index in [0.717, 1.165) is 44.9 Å². The van der Waals surface area contributed by atoms with E-state index in [1.54, 1.807) is 6.08 Å². The van der Waals surface area contributed by atoms with E-state index in [1.807, 2.05) is 6.08 Å². The smallest absolute Gasteiger partial charge is 0.305 e. The van der Waals surface area contributed by atoms with Gasteiger partial charge in [0.25, 0.3) is 0 Å². The van der Waals surface area contributed by atoms with Crippen molar-refractivity contribution in [1.82, 2.24) is 5.32 Å². The van der Waals surface area contributed by atoms with Gasteiger partial charge in [-0.15, -0.1) is 0 Å². The van der Waals surface area contributed by atoms with Crippen LogP contribution in [-0.2, 0) is 14.3 Å². The van der Waals surface area contributed by atoms with Crippen LogP contribution in [-0.4, -0.2) is 47.4 Å². The molecule has 2 atom stereocenters. The van der Waals surface area contributed by atoms with Crippen LogP contribution in [0.1, 0.15) is 296 Å². The van der Waals surface area contributed by atoms with E-state index in [1.165, 1.54) is 225 Å². The van der Waals surface area contributed by atoms with Crippen molar-refractivity contribution in [2.75, 3.05) is 13.2 Å². The van der Waals surface area contributed by atoms with Crippen molar-refractivity contribution in [3.8, 4) is 0 Å². The molecule has 0 radical (unpaired) electrons. The first kappa shape index (κ1) is 62.1. The SMILES string of the molecule is CCCCCCCCCC/C=C/C(O)C(CO)NC(=O)CCCCCCCCCCC/C=C\C/C=C\CCCCCCCCCCCOC(=O)CCCCCCCCCCCCCC. The number of aliphatic hydroxyl groups is 2. The van der Waals surface area contributed by atoms with Gasteiger partial charge in [0.2, 0.25) is 5.91 Å². The van der Waals surface area contributed by atoms with Crippen LogP contribution in [0.4, 0.5) is 0 Å². The maximum Gasteiger partial charge on any atom is 0.305 e. The number of hydrogen-bond acceptors (Lipinski definition) is 5. The third-order valence-corrected chi connectivity index (χ3v) is 12.9. The molecule has 0 aromatic rings. The van der Waals surface area contributed by atoms with E-state index in [-0.39, 0.29) is 18.5 Å². The van der Waals surface area contributed by atoms with Crippen molar-refractivity contribution in [3.63, 3.8) is 0 Å². The van der Waals surface area contributed by atoms with Gasteiger partial charge in [0.05, 0.1) is 25.4 Å². The predicted octanol–water partition coefficient (Wildman–Crippen LogP) is 17.2. The third kappa shape index (κ3) is 49.5. The number of aliphatic hydroxyl groups excluding tert-OH is 2. The summed E-state index contributed by atoms with van der Waals surface area (Å²) in [7, 11) is 0. The highest BCUT2D eigenvalue weighted by molar-refractivity contribution is 5.76. The maximum absolute atomic E-state index is 12.4. The lowest BCUT2D eigenvalue weighted by atomic mass is 10.0. The van der Waals surface area contributed by atoms with Gasteiger partial charge in [-0.2, -0.15) is 0 Å². The van der Waals surface area contributed by atoms with Crippen LogP contribution in [0.5, 0.6) is 0 Å². The standard InChI is InChI=1S/C58H109NO5/c1-3-5-7-9-11-13-15-32-36-40-44-48-52-58(63)64-53-49-45-41-37-33-30-28-26-24-22-20-18-16-17-19-21-23-25-27-29-31-35-39-43-47-51-57(62)59-55(54-60)56(61)50-46-42-38-34-14-12-10-8-6-4-2/h17-20,46,50,55-56,60-61H,3-16,21-45,47-49,51-54H2,1-2H3,(H,59,62)/b19-17-,20-18-,50-46+. The molecule has 1 amide bonds. The number of amides is 1. The van der Waals surface area contributed by atoms with E-state index >= 15 is 0 Å². The van der Waals surface area contributed by atoms with Crippen LogP contribution in [0.3, 0.4) is 0 Å². The Bertz CT molecular complexity index is 1040. The van der Waals surface area contributed by atoms with Crippen molar-refractivity contribution in [2.24, 2.45) is 0 Å². The summed E-state index contributed by atoms with van der Waals surface area (Å²) in [5, 5.41) is 23.0. The average molecular weight is 901 g/mol. The molecule has 6 heteroatoms. The van der Waals surface area contributed by atoms with Gasteiger partial charge in [-0.05, 0) is 64.2 Å². The van der Waals surface area contributed by atoms with E-state index < -0.39 is 12.1 Å². The Balaban J connectivity index is 3.44. The Morgan fingerprint density at radius 3 is 1.19 bits per heavy atom. The number of ether oxygens (including phenoxy) is 1. The van der Waals surface area contributed by atoms with Gasteiger partial charge in [-0.3, -0.25) is 9.59 Å². The fourth-order valence-corrected chi connectivity index (χ4v) is 8.55. The maximum atomic E-state index is 12.4. The monoisotopic (exact) mass is 900 g/mol. The third-order valence-electron chi connectivity index (χ3n) is 12.9. The molecule has 0 spiro atoms. The molecule has 3 N–H and O–H groups in total. The van der Waals surface area contributed by atoms with Gasteiger partial charge >= 0.3 is 5.97 Å². The number of nitrogens with one attached hydrogen (secondary N) is 1. The van der Waals surface area contributed by atoms with E-state index in [2.05, 4.69) is 43.5 Å². The summed E-state index contributed by atoms with van der Waals surface area (Å²) in [4.78, 5) is 24.4. The van der Waals surface area contributed by atoms with Crippen molar-refractivity contribution in [2.45, 2.75) is 309 Å². The molecular formula is C58H109NO5. The molecule has 0 fully saturated rings. The van der Waals surface area contributed by atoms with Crippen LogP contribution < -0.4 is 5.32 Å². The number of esters is 1. The van der Waals surface area contributed by atoms with Crippen LogP contribution >= 0.6 is 0 Å². The second kappa shape index (κ2) is 53.7. The molecule has 0 aromatic carbocycles. The zero-order valence-corrected chi connectivity index (χ0v) is 42.8. The summed E-state index contributed by atoms with van der Waals surface area (Å²) in [6.45, 7) is 4.88. The van der Waals surface area contributed by atoms with Crippen LogP contribution in [0.25, 0.3) is 0 Å². The normalized spacial score (nSPS) is 12.9. The van der Waals surface area contributed by atoms with Crippen molar-refractivity contribution in [1.29, 1.82) is 0 Å². The van der Waals surface area contributed by atoms with Gasteiger partial charge in [0, 0.05) is 12.8 Å². The highest BCUT2D eigenvalue weighted by Crippen LogP contribution is 2.16. The first-order valence-electron chi connectivity index (χ1n) is 28.3. The fraction of sp³-hybridized carbons (Fsp3) is 0.862. The second-order valence-corrected chi connectivity index (χ2v) is 19.3. The first-order valence-corrected chi connectivity index (χ1v) is 28.3. The minimum Gasteiger partial charge on any atom is -0.466 e. The highest BCUT2D eigenvalue weighted by Gasteiger charge is 2.18. The Kier molecular flexibility index (Phi) is 52.1. The number of carbonyl (C=O) groups excluding carboxylic acids is 2. The molecule has 0 rings (SSSR count). The molecule has 0 aliphatic carbocycles. The minimum atomic E-state index is -0.846. The van der Waals surface area contributed by atoms with Gasteiger partial charge in [0.15, 0.2) is 0 Å². The summed E-state index contributed by atoms with van der Waals surface area (Å²) < 4.78 is 5.46. The molecule has 0 saturated heterocycles. The summed E-state index contributed by atoms with van der Waals surface area (Å²) >= 11 is 0. The van der Waals surface area contributed by atoms with E-state index in [9.17, 15) is 19.8 Å². The first-order chi connectivity index (χ1) is 31.5.